The van der Waals surface area contributed by atoms with Gasteiger partial charge >= 0.3 is 0 Å². The lowest BCUT2D eigenvalue weighted by Crippen LogP contribution is -2.00. The van der Waals surface area contributed by atoms with E-state index in [1.54, 1.807) is 0 Å². The molecule has 94 valence electrons. The maximum absolute atomic E-state index is 5.43. The van der Waals surface area contributed by atoms with E-state index in [0.717, 1.165) is 31.0 Å². The molecule has 0 atom stereocenters. The van der Waals surface area contributed by atoms with Gasteiger partial charge in [0.15, 0.2) is 10.6 Å². The average molecular weight is 261 g/mol. The Kier molecular flexibility index (Phi) is 3.01. The highest BCUT2D eigenvalue weighted by Gasteiger charge is 2.14. The highest BCUT2D eigenvalue weighted by atomic mass is 32.1. The molecule has 1 aromatic carbocycles. The van der Waals surface area contributed by atoms with E-state index in [9.17, 15) is 0 Å². The Balaban J connectivity index is 2.07. The van der Waals surface area contributed by atoms with Crippen molar-refractivity contribution in [1.82, 2.24) is 14.8 Å². The molecule has 0 radical (unpaired) electrons. The molecule has 1 N–H and O–H groups in total. The predicted molar refractivity (Wildman–Crippen MR) is 71.6 cm³/mol. The number of hydrogen-bond acceptors (Lipinski definition) is 3. The minimum Gasteiger partial charge on any atom is -0.372 e. The topological polar surface area (TPSA) is 42.8 Å². The van der Waals surface area contributed by atoms with Crippen LogP contribution in [0.2, 0.25) is 0 Å². The number of H-pyrrole nitrogens is 1. The van der Waals surface area contributed by atoms with E-state index in [4.69, 9.17) is 17.0 Å². The monoisotopic (exact) mass is 261 g/mol. The Hall–Kier alpha value is -1.46. The Morgan fingerprint density at radius 2 is 2.22 bits per heavy atom. The van der Waals surface area contributed by atoms with E-state index in [2.05, 4.69) is 35.3 Å². The average Bonchev–Trinajstić information content (AvgIpc) is 2.97. The molecule has 0 unspecified atom stereocenters. The lowest BCUT2D eigenvalue weighted by Gasteiger charge is -2.06. The second-order valence-corrected chi connectivity index (χ2v) is 4.87. The number of hydrogen-bond donors (Lipinski definition) is 1. The second kappa shape index (κ2) is 4.66. The normalized spacial score (nSPS) is 13.8. The minimum absolute atomic E-state index is 0.684. The van der Waals surface area contributed by atoms with Crippen LogP contribution >= 0.6 is 12.2 Å². The van der Waals surface area contributed by atoms with Crippen molar-refractivity contribution in [3.05, 3.63) is 34.1 Å². The Labute approximate surface area is 111 Å². The van der Waals surface area contributed by atoms with Gasteiger partial charge in [-0.3, -0.25) is 5.10 Å². The van der Waals surface area contributed by atoms with E-state index in [1.165, 1.54) is 11.1 Å². The molecule has 1 aliphatic rings. The van der Waals surface area contributed by atoms with E-state index >= 15 is 0 Å². The zero-order valence-corrected chi connectivity index (χ0v) is 11.1. The molecule has 0 saturated heterocycles. The summed E-state index contributed by atoms with van der Waals surface area (Å²) in [6, 6.07) is 6.36. The summed E-state index contributed by atoms with van der Waals surface area (Å²) in [6.07, 6.45) is 1.04. The molecule has 0 bridgehead atoms. The Bertz CT molecular complexity index is 629. The van der Waals surface area contributed by atoms with Gasteiger partial charge in [-0.25, -0.2) is 0 Å². The smallest absolute Gasteiger partial charge is 0.195 e. The van der Waals surface area contributed by atoms with Gasteiger partial charge in [-0.2, -0.15) is 5.10 Å². The highest BCUT2D eigenvalue weighted by molar-refractivity contribution is 7.71. The van der Waals surface area contributed by atoms with E-state index in [1.807, 2.05) is 4.57 Å². The summed E-state index contributed by atoms with van der Waals surface area (Å²) in [7, 11) is 0. The number of benzene rings is 1. The first kappa shape index (κ1) is 11.6. The predicted octanol–water partition coefficient (Wildman–Crippen LogP) is 3.05. The number of nitrogens with zero attached hydrogens (tertiary/aromatic N) is 2. The molecular formula is C13H15N3OS. The SMILES string of the molecule is CCCn1c(-c2ccc3c(c2)COC3)n[nH]c1=S. The summed E-state index contributed by atoms with van der Waals surface area (Å²) in [6.45, 7) is 4.44. The maximum atomic E-state index is 5.43. The second-order valence-electron chi connectivity index (χ2n) is 4.48. The van der Waals surface area contributed by atoms with Gasteiger partial charge in [-0.05, 0) is 35.8 Å². The van der Waals surface area contributed by atoms with Crippen LogP contribution in [0.25, 0.3) is 11.4 Å². The number of rotatable bonds is 3. The first-order valence-electron chi connectivity index (χ1n) is 6.14. The number of nitrogens with one attached hydrogen (secondary N) is 1. The Morgan fingerprint density at radius 1 is 1.39 bits per heavy atom. The van der Waals surface area contributed by atoms with Crippen molar-refractivity contribution in [1.29, 1.82) is 0 Å². The van der Waals surface area contributed by atoms with Crippen LogP contribution in [0.5, 0.6) is 0 Å². The fourth-order valence-electron chi connectivity index (χ4n) is 2.28. The summed E-state index contributed by atoms with van der Waals surface area (Å²) in [5, 5.41) is 7.21. The molecule has 3 rings (SSSR count). The number of ether oxygens (including phenoxy) is 1. The number of fused-ring (bicyclic) bond motifs is 1. The third-order valence-corrected chi connectivity index (χ3v) is 3.50. The van der Waals surface area contributed by atoms with Gasteiger partial charge in [0.1, 0.15) is 0 Å². The highest BCUT2D eigenvalue weighted by Crippen LogP contribution is 2.26. The van der Waals surface area contributed by atoms with Crippen LogP contribution in [0.1, 0.15) is 24.5 Å². The van der Waals surface area contributed by atoms with Gasteiger partial charge in [0.2, 0.25) is 0 Å². The van der Waals surface area contributed by atoms with Gasteiger partial charge < -0.3 is 9.30 Å². The summed E-state index contributed by atoms with van der Waals surface area (Å²) >= 11 is 5.26. The van der Waals surface area contributed by atoms with Crippen molar-refractivity contribution >= 4 is 12.2 Å². The standard InChI is InChI=1S/C13H15N3OS/c1-2-5-16-12(14-15-13(16)18)9-3-4-10-7-17-8-11(10)6-9/h3-4,6H,2,5,7-8H2,1H3,(H,15,18). The van der Waals surface area contributed by atoms with Crippen LogP contribution in [0.3, 0.4) is 0 Å². The van der Waals surface area contributed by atoms with Crippen molar-refractivity contribution in [3.8, 4) is 11.4 Å². The molecule has 0 spiro atoms. The fourth-order valence-corrected chi connectivity index (χ4v) is 2.50. The van der Waals surface area contributed by atoms with E-state index in [-0.39, 0.29) is 0 Å². The lowest BCUT2D eigenvalue weighted by atomic mass is 10.1. The van der Waals surface area contributed by atoms with Gasteiger partial charge in [0.05, 0.1) is 13.2 Å². The van der Waals surface area contributed by atoms with Crippen molar-refractivity contribution in [3.63, 3.8) is 0 Å². The van der Waals surface area contributed by atoms with E-state index in [0.29, 0.717) is 11.4 Å². The summed E-state index contributed by atoms with van der Waals surface area (Å²) < 4.78 is 8.17. The van der Waals surface area contributed by atoms with Gasteiger partial charge in [-0.15, -0.1) is 0 Å². The molecule has 0 fully saturated rings. The third-order valence-electron chi connectivity index (χ3n) is 3.19. The zero-order chi connectivity index (χ0) is 12.5. The lowest BCUT2D eigenvalue weighted by molar-refractivity contribution is 0.134. The van der Waals surface area contributed by atoms with Crippen molar-refractivity contribution in [2.24, 2.45) is 0 Å². The molecule has 2 aromatic rings. The van der Waals surface area contributed by atoms with Crippen LogP contribution in [0, 0.1) is 4.77 Å². The first-order chi connectivity index (χ1) is 8.79. The third kappa shape index (κ3) is 1.89. The van der Waals surface area contributed by atoms with Crippen molar-refractivity contribution in [2.75, 3.05) is 0 Å². The molecule has 2 heterocycles. The van der Waals surface area contributed by atoms with Crippen LogP contribution in [-0.2, 0) is 24.5 Å². The molecule has 5 heteroatoms. The number of aromatic nitrogens is 3. The van der Waals surface area contributed by atoms with Crippen LogP contribution in [0.15, 0.2) is 18.2 Å². The molecular weight excluding hydrogens is 246 g/mol. The zero-order valence-electron chi connectivity index (χ0n) is 10.3. The molecule has 0 saturated carbocycles. The molecule has 0 aliphatic carbocycles. The van der Waals surface area contributed by atoms with Gasteiger partial charge in [0.25, 0.3) is 0 Å². The number of aromatic amines is 1. The van der Waals surface area contributed by atoms with Crippen molar-refractivity contribution < 1.29 is 4.74 Å². The maximum Gasteiger partial charge on any atom is 0.195 e. The summed E-state index contributed by atoms with van der Waals surface area (Å²) in [5.74, 6) is 0.913. The van der Waals surface area contributed by atoms with E-state index < -0.39 is 0 Å². The molecule has 1 aliphatic heterocycles. The summed E-state index contributed by atoms with van der Waals surface area (Å²) in [5.41, 5.74) is 3.62. The van der Waals surface area contributed by atoms with Gasteiger partial charge in [-0.1, -0.05) is 19.1 Å². The Morgan fingerprint density at radius 3 is 3.06 bits per heavy atom. The quantitative estimate of drug-likeness (QED) is 0.864. The molecule has 4 nitrogen and oxygen atoms in total. The largest absolute Gasteiger partial charge is 0.372 e. The van der Waals surface area contributed by atoms with Crippen LogP contribution in [-0.4, -0.2) is 14.8 Å². The molecule has 0 amide bonds. The molecule has 1 aromatic heterocycles. The fraction of sp³-hybridized carbons (Fsp3) is 0.385. The van der Waals surface area contributed by atoms with Crippen molar-refractivity contribution in [2.45, 2.75) is 33.1 Å². The minimum atomic E-state index is 0.684. The first-order valence-corrected chi connectivity index (χ1v) is 6.55. The van der Waals surface area contributed by atoms with Gasteiger partial charge in [0, 0.05) is 12.1 Å². The van der Waals surface area contributed by atoms with Crippen LogP contribution < -0.4 is 0 Å². The summed E-state index contributed by atoms with van der Waals surface area (Å²) in [4.78, 5) is 0. The van der Waals surface area contributed by atoms with Crippen LogP contribution in [0.4, 0.5) is 0 Å². The molecule has 18 heavy (non-hydrogen) atoms.